The van der Waals surface area contributed by atoms with Crippen LogP contribution in [0.1, 0.15) is 28.3 Å². The van der Waals surface area contributed by atoms with E-state index < -0.39 is 11.6 Å². The van der Waals surface area contributed by atoms with E-state index in [0.29, 0.717) is 44.0 Å². The summed E-state index contributed by atoms with van der Waals surface area (Å²) in [6.07, 6.45) is 0.730. The normalized spacial score (nSPS) is 19.8. The number of anilines is 1. The summed E-state index contributed by atoms with van der Waals surface area (Å²) >= 11 is 0. The lowest BCUT2D eigenvalue weighted by Crippen LogP contribution is -2.45. The highest BCUT2D eigenvalue weighted by atomic mass is 19.2. The molecule has 0 aliphatic carbocycles. The van der Waals surface area contributed by atoms with Crippen molar-refractivity contribution in [1.29, 1.82) is 0 Å². The van der Waals surface area contributed by atoms with Crippen LogP contribution in [-0.2, 0) is 4.79 Å². The molecule has 2 amide bonds. The fourth-order valence-electron chi connectivity index (χ4n) is 4.17. The Morgan fingerprint density at radius 3 is 2.59 bits per heavy atom. The van der Waals surface area contributed by atoms with Gasteiger partial charge in [-0.2, -0.15) is 0 Å². The molecular formula is C22H23F2N3O2. The number of hydrogen-bond donors (Lipinski definition) is 0. The van der Waals surface area contributed by atoms with Crippen molar-refractivity contribution in [3.63, 3.8) is 0 Å². The number of carbonyl (C=O) groups is 2. The smallest absolute Gasteiger partial charge is 0.253 e. The van der Waals surface area contributed by atoms with Crippen LogP contribution in [-0.4, -0.2) is 61.4 Å². The van der Waals surface area contributed by atoms with Crippen molar-refractivity contribution in [2.75, 3.05) is 44.7 Å². The van der Waals surface area contributed by atoms with Gasteiger partial charge in [0, 0.05) is 57.1 Å². The van der Waals surface area contributed by atoms with Crippen LogP contribution in [0.2, 0.25) is 0 Å². The van der Waals surface area contributed by atoms with E-state index in [1.807, 2.05) is 28.0 Å². The summed E-state index contributed by atoms with van der Waals surface area (Å²) in [5.74, 6) is -2.18. The summed E-state index contributed by atoms with van der Waals surface area (Å²) in [6, 6.07) is 11.2. The highest BCUT2D eigenvalue weighted by molar-refractivity contribution is 6.00. The molecule has 2 aromatic carbocycles. The summed E-state index contributed by atoms with van der Waals surface area (Å²) in [7, 11) is 1.71. The minimum atomic E-state index is -0.869. The number of carbonyl (C=O) groups excluding carboxylic acids is 2. The van der Waals surface area contributed by atoms with Crippen LogP contribution < -0.4 is 4.90 Å². The van der Waals surface area contributed by atoms with E-state index in [-0.39, 0.29) is 17.7 Å². The lowest BCUT2D eigenvalue weighted by molar-refractivity contribution is -0.133. The maximum Gasteiger partial charge on any atom is 0.253 e. The number of rotatable bonds is 2. The number of hydrogen-bond acceptors (Lipinski definition) is 3. The fraction of sp³-hybridized carbons (Fsp3) is 0.364. The molecule has 2 aliphatic rings. The van der Waals surface area contributed by atoms with E-state index >= 15 is 0 Å². The van der Waals surface area contributed by atoms with Crippen molar-refractivity contribution in [2.24, 2.45) is 0 Å². The van der Waals surface area contributed by atoms with Gasteiger partial charge in [0.1, 0.15) is 0 Å². The molecular weight excluding hydrogens is 376 g/mol. The molecule has 29 heavy (non-hydrogen) atoms. The number of amides is 2. The fourth-order valence-corrected chi connectivity index (χ4v) is 4.17. The van der Waals surface area contributed by atoms with Gasteiger partial charge in [-0.15, -0.1) is 0 Å². The third kappa shape index (κ3) is 3.69. The lowest BCUT2D eigenvalue weighted by Gasteiger charge is -2.34. The van der Waals surface area contributed by atoms with Gasteiger partial charge in [-0.25, -0.2) is 8.78 Å². The molecule has 5 nitrogen and oxygen atoms in total. The minimum absolute atomic E-state index is 0.00365. The SMILES string of the molecule is CN1CC(C(=O)N2CCCN(c3ccc(F)c(F)c3)CC2)c2ccccc2C1=O. The van der Waals surface area contributed by atoms with Crippen LogP contribution in [0, 0.1) is 11.6 Å². The molecule has 0 N–H and O–H groups in total. The van der Waals surface area contributed by atoms with Crippen LogP contribution in [0.4, 0.5) is 14.5 Å². The zero-order chi connectivity index (χ0) is 20.5. The van der Waals surface area contributed by atoms with Gasteiger partial charge in [0.25, 0.3) is 5.91 Å². The van der Waals surface area contributed by atoms with Crippen LogP contribution >= 0.6 is 0 Å². The number of nitrogens with zero attached hydrogens (tertiary/aromatic N) is 3. The van der Waals surface area contributed by atoms with Gasteiger partial charge in [0.2, 0.25) is 5.91 Å². The minimum Gasteiger partial charge on any atom is -0.370 e. The Morgan fingerprint density at radius 2 is 1.79 bits per heavy atom. The average molecular weight is 399 g/mol. The highest BCUT2D eigenvalue weighted by Crippen LogP contribution is 2.30. The second-order valence-electron chi connectivity index (χ2n) is 7.59. The van der Waals surface area contributed by atoms with Gasteiger partial charge in [-0.05, 0) is 30.2 Å². The van der Waals surface area contributed by atoms with E-state index in [1.165, 1.54) is 6.07 Å². The maximum atomic E-state index is 13.6. The quantitative estimate of drug-likeness (QED) is 0.780. The number of likely N-dealkylation sites (N-methyl/N-ethyl adjacent to an activating group) is 1. The summed E-state index contributed by atoms with van der Waals surface area (Å²) in [4.78, 5) is 31.1. The van der Waals surface area contributed by atoms with E-state index in [1.54, 1.807) is 24.1 Å². The molecule has 1 saturated heterocycles. The Morgan fingerprint density at radius 1 is 1.00 bits per heavy atom. The van der Waals surface area contributed by atoms with E-state index in [2.05, 4.69) is 0 Å². The molecule has 1 unspecified atom stereocenters. The Labute approximate surface area is 168 Å². The van der Waals surface area contributed by atoms with E-state index in [9.17, 15) is 18.4 Å². The summed E-state index contributed by atoms with van der Waals surface area (Å²) in [6.45, 7) is 2.65. The molecule has 2 aromatic rings. The summed E-state index contributed by atoms with van der Waals surface area (Å²) in [5.41, 5.74) is 1.98. The predicted octanol–water partition coefficient (Wildman–Crippen LogP) is 2.87. The van der Waals surface area contributed by atoms with Gasteiger partial charge < -0.3 is 14.7 Å². The molecule has 0 spiro atoms. The van der Waals surface area contributed by atoms with Gasteiger partial charge in [0.05, 0.1) is 5.92 Å². The lowest BCUT2D eigenvalue weighted by atomic mass is 9.88. The monoisotopic (exact) mass is 399 g/mol. The van der Waals surface area contributed by atoms with E-state index in [4.69, 9.17) is 0 Å². The largest absolute Gasteiger partial charge is 0.370 e. The molecule has 4 rings (SSSR count). The number of halogens is 2. The van der Waals surface area contributed by atoms with Crippen molar-refractivity contribution in [3.05, 3.63) is 65.2 Å². The molecule has 1 atom stereocenters. The third-order valence-electron chi connectivity index (χ3n) is 5.74. The second-order valence-corrected chi connectivity index (χ2v) is 7.59. The Balaban J connectivity index is 1.51. The zero-order valence-corrected chi connectivity index (χ0v) is 16.3. The Bertz CT molecular complexity index is 949. The van der Waals surface area contributed by atoms with Gasteiger partial charge in [-0.3, -0.25) is 9.59 Å². The standard InChI is InChI=1S/C22H23F2N3O2/c1-25-14-18(16-5-2-3-6-17(16)21(25)28)22(29)27-10-4-9-26(11-12-27)15-7-8-19(23)20(24)13-15/h2-3,5-8,13,18H,4,9-12,14H2,1H3. The third-order valence-corrected chi connectivity index (χ3v) is 5.74. The topological polar surface area (TPSA) is 43.9 Å². The Hall–Kier alpha value is -2.96. The second kappa shape index (κ2) is 7.81. The molecule has 0 aromatic heterocycles. The molecule has 1 fully saturated rings. The van der Waals surface area contributed by atoms with Crippen molar-refractivity contribution in [3.8, 4) is 0 Å². The molecule has 0 radical (unpaired) electrons. The van der Waals surface area contributed by atoms with Crippen LogP contribution in [0.5, 0.6) is 0 Å². The highest BCUT2D eigenvalue weighted by Gasteiger charge is 2.36. The molecule has 0 bridgehead atoms. The molecule has 0 saturated carbocycles. The summed E-state index contributed by atoms with van der Waals surface area (Å²) in [5, 5.41) is 0. The molecule has 7 heteroatoms. The Kier molecular flexibility index (Phi) is 5.22. The van der Waals surface area contributed by atoms with Gasteiger partial charge in [-0.1, -0.05) is 18.2 Å². The average Bonchev–Trinajstić information content (AvgIpc) is 2.98. The number of benzene rings is 2. The first-order chi connectivity index (χ1) is 14.0. The van der Waals surface area contributed by atoms with Gasteiger partial charge >= 0.3 is 0 Å². The van der Waals surface area contributed by atoms with Gasteiger partial charge in [0.15, 0.2) is 11.6 Å². The maximum absolute atomic E-state index is 13.6. The van der Waals surface area contributed by atoms with E-state index in [0.717, 1.165) is 18.1 Å². The first kappa shape index (κ1) is 19.4. The van der Waals surface area contributed by atoms with Crippen molar-refractivity contribution < 1.29 is 18.4 Å². The van der Waals surface area contributed by atoms with Crippen LogP contribution in [0.25, 0.3) is 0 Å². The van der Waals surface area contributed by atoms with Crippen LogP contribution in [0.3, 0.4) is 0 Å². The first-order valence-corrected chi connectivity index (χ1v) is 9.79. The molecule has 2 heterocycles. The van der Waals surface area contributed by atoms with Crippen molar-refractivity contribution in [1.82, 2.24) is 9.80 Å². The first-order valence-electron chi connectivity index (χ1n) is 9.79. The molecule has 152 valence electrons. The summed E-state index contributed by atoms with van der Waals surface area (Å²) < 4.78 is 26.8. The predicted molar refractivity (Wildman–Crippen MR) is 106 cm³/mol. The zero-order valence-electron chi connectivity index (χ0n) is 16.3. The van der Waals surface area contributed by atoms with Crippen molar-refractivity contribution >= 4 is 17.5 Å². The molecule has 2 aliphatic heterocycles. The number of fused-ring (bicyclic) bond motifs is 1. The van der Waals surface area contributed by atoms with Crippen LogP contribution in [0.15, 0.2) is 42.5 Å². The van der Waals surface area contributed by atoms with Crippen molar-refractivity contribution in [2.45, 2.75) is 12.3 Å².